The summed E-state index contributed by atoms with van der Waals surface area (Å²) in [4.78, 5) is 5.86. The van der Waals surface area contributed by atoms with Crippen LogP contribution in [0.15, 0.2) is 12.1 Å². The zero-order valence-electron chi connectivity index (χ0n) is 7.57. The van der Waals surface area contributed by atoms with E-state index >= 15 is 0 Å². The van der Waals surface area contributed by atoms with Crippen LogP contribution >= 0.6 is 0 Å². The van der Waals surface area contributed by atoms with Crippen LogP contribution < -0.4 is 16.4 Å². The maximum Gasteiger partial charge on any atom is 0.149 e. The third-order valence-electron chi connectivity index (χ3n) is 1.77. The van der Waals surface area contributed by atoms with Gasteiger partial charge in [-0.15, -0.1) is 0 Å². The molecule has 1 aromatic heterocycles. The largest absolute Gasteiger partial charge is 0.396 e. The third-order valence-corrected chi connectivity index (χ3v) is 1.77. The molecule has 0 fully saturated rings. The Morgan fingerprint density at radius 1 is 1.46 bits per heavy atom. The Bertz CT molecular complexity index is 289. The summed E-state index contributed by atoms with van der Waals surface area (Å²) in [6.45, 7) is 0.610. The molecule has 1 rings (SSSR count). The van der Waals surface area contributed by atoms with Crippen LogP contribution in [0.1, 0.15) is 0 Å². The molecule has 5 nitrogen and oxygen atoms in total. The SMILES string of the molecule is CN(CCO)c1ccc(N)c(N)n1. The molecule has 0 spiro atoms. The summed E-state index contributed by atoms with van der Waals surface area (Å²) in [6, 6.07) is 3.47. The molecule has 0 atom stereocenters. The first-order valence-electron chi connectivity index (χ1n) is 3.99. The van der Waals surface area contributed by atoms with E-state index in [2.05, 4.69) is 4.98 Å². The second kappa shape index (κ2) is 3.95. The second-order valence-electron chi connectivity index (χ2n) is 2.79. The van der Waals surface area contributed by atoms with Gasteiger partial charge in [0.2, 0.25) is 0 Å². The van der Waals surface area contributed by atoms with Gasteiger partial charge in [0.05, 0.1) is 12.3 Å². The van der Waals surface area contributed by atoms with Crippen molar-refractivity contribution in [1.82, 2.24) is 4.98 Å². The van der Waals surface area contributed by atoms with Gasteiger partial charge in [0.25, 0.3) is 0 Å². The topological polar surface area (TPSA) is 88.4 Å². The Morgan fingerprint density at radius 2 is 2.15 bits per heavy atom. The van der Waals surface area contributed by atoms with E-state index in [9.17, 15) is 0 Å². The quantitative estimate of drug-likeness (QED) is 0.596. The molecule has 1 heterocycles. The van der Waals surface area contributed by atoms with Gasteiger partial charge < -0.3 is 21.5 Å². The average Bonchev–Trinajstić information content (AvgIpc) is 2.10. The van der Waals surface area contributed by atoms with Gasteiger partial charge in [-0.05, 0) is 12.1 Å². The maximum atomic E-state index is 8.70. The van der Waals surface area contributed by atoms with Crippen molar-refractivity contribution in [1.29, 1.82) is 0 Å². The van der Waals surface area contributed by atoms with E-state index in [0.717, 1.165) is 0 Å². The lowest BCUT2D eigenvalue weighted by Crippen LogP contribution is -2.22. The number of nitrogens with zero attached hydrogens (tertiary/aromatic N) is 2. The van der Waals surface area contributed by atoms with Gasteiger partial charge in [0.1, 0.15) is 11.6 Å². The summed E-state index contributed by atoms with van der Waals surface area (Å²) in [5, 5.41) is 8.70. The molecule has 1 aromatic rings. The molecule has 0 bridgehead atoms. The fraction of sp³-hybridized carbons (Fsp3) is 0.375. The highest BCUT2D eigenvalue weighted by molar-refractivity contribution is 5.61. The monoisotopic (exact) mass is 182 g/mol. The Labute approximate surface area is 77.0 Å². The number of nitrogen functional groups attached to an aromatic ring is 2. The average molecular weight is 182 g/mol. The molecule has 0 amide bonds. The van der Waals surface area contributed by atoms with E-state index in [1.807, 2.05) is 7.05 Å². The summed E-state index contributed by atoms with van der Waals surface area (Å²) in [5.74, 6) is 1.03. The molecule has 0 saturated heterocycles. The molecule has 13 heavy (non-hydrogen) atoms. The van der Waals surface area contributed by atoms with Crippen LogP contribution in [0.2, 0.25) is 0 Å². The van der Waals surface area contributed by atoms with Gasteiger partial charge in [-0.1, -0.05) is 0 Å². The summed E-state index contributed by atoms with van der Waals surface area (Å²) in [5.41, 5.74) is 11.5. The number of nitrogens with two attached hydrogens (primary N) is 2. The van der Waals surface area contributed by atoms with Crippen molar-refractivity contribution in [3.8, 4) is 0 Å². The number of rotatable bonds is 3. The first kappa shape index (κ1) is 9.60. The minimum Gasteiger partial charge on any atom is -0.396 e. The fourth-order valence-corrected chi connectivity index (χ4v) is 0.952. The smallest absolute Gasteiger partial charge is 0.149 e. The Kier molecular flexibility index (Phi) is 2.92. The fourth-order valence-electron chi connectivity index (χ4n) is 0.952. The van der Waals surface area contributed by atoms with E-state index < -0.39 is 0 Å². The van der Waals surface area contributed by atoms with Crippen molar-refractivity contribution in [2.75, 3.05) is 36.6 Å². The number of likely N-dealkylation sites (N-methyl/N-ethyl adjacent to an activating group) is 1. The first-order valence-corrected chi connectivity index (χ1v) is 3.99. The zero-order valence-corrected chi connectivity index (χ0v) is 7.57. The van der Waals surface area contributed by atoms with Crippen molar-refractivity contribution < 1.29 is 5.11 Å². The highest BCUT2D eigenvalue weighted by atomic mass is 16.3. The Hall–Kier alpha value is -1.49. The lowest BCUT2D eigenvalue weighted by molar-refractivity contribution is 0.304. The molecule has 0 unspecified atom stereocenters. The van der Waals surface area contributed by atoms with Crippen LogP contribution in [0.25, 0.3) is 0 Å². The zero-order chi connectivity index (χ0) is 9.84. The predicted molar refractivity (Wildman–Crippen MR) is 53.4 cm³/mol. The number of pyridine rings is 1. The number of aliphatic hydroxyl groups excluding tert-OH is 1. The van der Waals surface area contributed by atoms with E-state index in [0.29, 0.717) is 23.9 Å². The molecule has 0 saturated carbocycles. The molecule has 0 aromatic carbocycles. The van der Waals surface area contributed by atoms with Gasteiger partial charge >= 0.3 is 0 Å². The molecule has 0 aliphatic carbocycles. The lowest BCUT2D eigenvalue weighted by Gasteiger charge is -2.17. The Morgan fingerprint density at radius 3 is 2.69 bits per heavy atom. The van der Waals surface area contributed by atoms with Gasteiger partial charge in [0, 0.05) is 13.6 Å². The maximum absolute atomic E-state index is 8.70. The van der Waals surface area contributed by atoms with Crippen molar-refractivity contribution in [2.45, 2.75) is 0 Å². The first-order chi connectivity index (χ1) is 6.15. The van der Waals surface area contributed by atoms with Gasteiger partial charge in [0.15, 0.2) is 0 Å². The van der Waals surface area contributed by atoms with Crippen LogP contribution in [0.5, 0.6) is 0 Å². The molecule has 0 radical (unpaired) electrons. The molecule has 0 aliphatic rings. The molecular weight excluding hydrogens is 168 g/mol. The van der Waals surface area contributed by atoms with Crippen molar-refractivity contribution in [3.05, 3.63) is 12.1 Å². The van der Waals surface area contributed by atoms with E-state index in [1.165, 1.54) is 0 Å². The number of aromatic nitrogens is 1. The Balaban J connectivity index is 2.84. The highest BCUT2D eigenvalue weighted by Gasteiger charge is 2.03. The molecule has 5 heteroatoms. The van der Waals surface area contributed by atoms with Gasteiger partial charge in [-0.25, -0.2) is 4.98 Å². The van der Waals surface area contributed by atoms with Crippen LogP contribution in [-0.4, -0.2) is 30.3 Å². The molecule has 0 aliphatic heterocycles. The van der Waals surface area contributed by atoms with Crippen LogP contribution in [0.3, 0.4) is 0 Å². The van der Waals surface area contributed by atoms with Gasteiger partial charge in [-0.3, -0.25) is 0 Å². The minimum atomic E-state index is 0.0858. The lowest BCUT2D eigenvalue weighted by atomic mass is 10.3. The van der Waals surface area contributed by atoms with Crippen molar-refractivity contribution in [2.24, 2.45) is 0 Å². The number of hydrogen-bond donors (Lipinski definition) is 3. The third kappa shape index (κ3) is 2.22. The van der Waals surface area contributed by atoms with Crippen LogP contribution in [-0.2, 0) is 0 Å². The standard InChI is InChI=1S/C8H14N4O/c1-12(4-5-13)7-3-2-6(9)8(10)11-7/h2-3,13H,4-5,9H2,1H3,(H2,10,11). The summed E-state index contributed by atoms with van der Waals surface area (Å²) < 4.78 is 0. The predicted octanol–water partition coefficient (Wildman–Crippen LogP) is -0.326. The molecule has 72 valence electrons. The molecule has 5 N–H and O–H groups in total. The number of hydrogen-bond acceptors (Lipinski definition) is 5. The van der Waals surface area contributed by atoms with E-state index in [-0.39, 0.29) is 6.61 Å². The van der Waals surface area contributed by atoms with E-state index in [1.54, 1.807) is 17.0 Å². The minimum absolute atomic E-state index is 0.0858. The van der Waals surface area contributed by atoms with Crippen molar-refractivity contribution in [3.63, 3.8) is 0 Å². The van der Waals surface area contributed by atoms with Crippen LogP contribution in [0, 0.1) is 0 Å². The van der Waals surface area contributed by atoms with Crippen LogP contribution in [0.4, 0.5) is 17.3 Å². The summed E-state index contributed by atoms with van der Waals surface area (Å²) >= 11 is 0. The molecular formula is C8H14N4O. The van der Waals surface area contributed by atoms with E-state index in [4.69, 9.17) is 16.6 Å². The van der Waals surface area contributed by atoms with Gasteiger partial charge in [-0.2, -0.15) is 0 Å². The second-order valence-corrected chi connectivity index (χ2v) is 2.79. The summed E-state index contributed by atoms with van der Waals surface area (Å²) in [6.07, 6.45) is 0. The van der Waals surface area contributed by atoms with Crippen molar-refractivity contribution >= 4 is 17.3 Å². The normalized spacial score (nSPS) is 10.0. The number of anilines is 3. The summed E-state index contributed by atoms with van der Waals surface area (Å²) in [7, 11) is 1.83. The highest BCUT2D eigenvalue weighted by Crippen LogP contribution is 2.16. The number of aliphatic hydroxyl groups is 1.